The Morgan fingerprint density at radius 1 is 1.13 bits per heavy atom. The van der Waals surface area contributed by atoms with Crippen molar-refractivity contribution in [2.45, 2.75) is 50.6 Å². The first-order valence-electron chi connectivity index (χ1n) is 6.35. The predicted molar refractivity (Wildman–Crippen MR) is 58.5 cm³/mol. The van der Waals surface area contributed by atoms with Crippen LogP contribution in [0.3, 0.4) is 0 Å². The van der Waals surface area contributed by atoms with Crippen LogP contribution >= 0.6 is 0 Å². The van der Waals surface area contributed by atoms with Crippen LogP contribution in [0.5, 0.6) is 0 Å². The van der Waals surface area contributed by atoms with Crippen molar-refractivity contribution < 1.29 is 4.79 Å². The van der Waals surface area contributed by atoms with E-state index in [1.807, 2.05) is 0 Å². The van der Waals surface area contributed by atoms with Crippen molar-refractivity contribution in [1.29, 1.82) is 0 Å². The molecule has 2 aliphatic heterocycles. The second-order valence-electron chi connectivity index (χ2n) is 5.41. The van der Waals surface area contributed by atoms with Crippen molar-refractivity contribution in [2.75, 3.05) is 13.1 Å². The molecule has 0 radical (unpaired) electrons. The summed E-state index contributed by atoms with van der Waals surface area (Å²) in [6.07, 6.45) is 7.12. The minimum atomic E-state index is 0.409. The smallest absolute Gasteiger partial charge is 0.222 e. The molecule has 0 aromatic carbocycles. The lowest BCUT2D eigenvalue weighted by atomic mass is 10.1. The Hall–Kier alpha value is -0.570. The topological polar surface area (TPSA) is 32.3 Å². The van der Waals surface area contributed by atoms with E-state index in [1.165, 1.54) is 25.7 Å². The Morgan fingerprint density at radius 2 is 1.93 bits per heavy atom. The number of rotatable bonds is 2. The number of likely N-dealkylation sites (tertiary alicyclic amines) is 1. The van der Waals surface area contributed by atoms with Crippen molar-refractivity contribution in [1.82, 2.24) is 10.2 Å². The first-order valence-corrected chi connectivity index (χ1v) is 6.35. The molecule has 3 fully saturated rings. The molecule has 2 saturated heterocycles. The molecule has 3 rings (SSSR count). The van der Waals surface area contributed by atoms with Gasteiger partial charge in [0.1, 0.15) is 0 Å². The highest BCUT2D eigenvalue weighted by Gasteiger charge is 2.33. The normalized spacial score (nSPS) is 35.3. The van der Waals surface area contributed by atoms with E-state index in [0.29, 0.717) is 18.0 Å². The summed E-state index contributed by atoms with van der Waals surface area (Å²) in [7, 11) is 0. The number of nitrogens with zero attached hydrogens (tertiary/aromatic N) is 1. The zero-order valence-electron chi connectivity index (χ0n) is 9.24. The van der Waals surface area contributed by atoms with Gasteiger partial charge in [-0.25, -0.2) is 0 Å². The van der Waals surface area contributed by atoms with Crippen molar-refractivity contribution in [3.8, 4) is 0 Å². The molecule has 2 bridgehead atoms. The zero-order chi connectivity index (χ0) is 10.3. The maximum absolute atomic E-state index is 12.0. The van der Waals surface area contributed by atoms with Crippen LogP contribution in [0.1, 0.15) is 38.5 Å². The Balaban J connectivity index is 1.58. The molecular formula is C12H20N2O. The predicted octanol–water partition coefficient (Wildman–Crippen LogP) is 1.14. The van der Waals surface area contributed by atoms with Crippen LogP contribution in [0.25, 0.3) is 0 Å². The number of hydrogen-bond donors (Lipinski definition) is 1. The van der Waals surface area contributed by atoms with Crippen LogP contribution in [-0.4, -0.2) is 36.0 Å². The fourth-order valence-electron chi connectivity index (χ4n) is 2.87. The molecular weight excluding hydrogens is 188 g/mol. The van der Waals surface area contributed by atoms with E-state index in [0.717, 1.165) is 31.8 Å². The quantitative estimate of drug-likeness (QED) is 0.738. The molecule has 3 heteroatoms. The van der Waals surface area contributed by atoms with Gasteiger partial charge in [0.2, 0.25) is 5.91 Å². The fraction of sp³-hybridized carbons (Fsp3) is 0.917. The zero-order valence-corrected chi connectivity index (χ0v) is 9.24. The third-order valence-corrected chi connectivity index (χ3v) is 4.04. The summed E-state index contributed by atoms with van der Waals surface area (Å²) < 4.78 is 0. The van der Waals surface area contributed by atoms with Crippen molar-refractivity contribution in [3.05, 3.63) is 0 Å². The van der Waals surface area contributed by atoms with Gasteiger partial charge in [-0.2, -0.15) is 0 Å². The molecule has 3 aliphatic rings. The largest absolute Gasteiger partial charge is 0.341 e. The standard InChI is InChI=1S/C12H20N2O/c15-12(7-9-1-2-9)14-6-5-10-3-4-11(8-14)13-10/h9-11,13H,1-8H2. The molecule has 1 amide bonds. The van der Waals surface area contributed by atoms with Gasteiger partial charge in [-0.15, -0.1) is 0 Å². The van der Waals surface area contributed by atoms with E-state index >= 15 is 0 Å². The maximum atomic E-state index is 12.0. The third kappa shape index (κ3) is 2.17. The van der Waals surface area contributed by atoms with Gasteiger partial charge >= 0.3 is 0 Å². The van der Waals surface area contributed by atoms with Crippen LogP contribution in [0.2, 0.25) is 0 Å². The summed E-state index contributed by atoms with van der Waals surface area (Å²) in [5.74, 6) is 1.14. The van der Waals surface area contributed by atoms with Gasteiger partial charge in [0.25, 0.3) is 0 Å². The molecule has 1 saturated carbocycles. The monoisotopic (exact) mass is 208 g/mol. The van der Waals surface area contributed by atoms with Crippen LogP contribution < -0.4 is 5.32 Å². The molecule has 2 heterocycles. The molecule has 0 spiro atoms. The average molecular weight is 208 g/mol. The average Bonchev–Trinajstić information content (AvgIpc) is 2.91. The van der Waals surface area contributed by atoms with Crippen LogP contribution in [0.4, 0.5) is 0 Å². The lowest BCUT2D eigenvalue weighted by Gasteiger charge is -2.24. The van der Waals surface area contributed by atoms with Crippen molar-refractivity contribution in [3.63, 3.8) is 0 Å². The van der Waals surface area contributed by atoms with E-state index < -0.39 is 0 Å². The maximum Gasteiger partial charge on any atom is 0.222 e. The molecule has 1 N–H and O–H groups in total. The molecule has 2 atom stereocenters. The van der Waals surface area contributed by atoms with Gasteiger partial charge in [0.15, 0.2) is 0 Å². The Bertz CT molecular complexity index is 262. The number of nitrogens with one attached hydrogen (secondary N) is 1. The van der Waals surface area contributed by atoms with E-state index in [1.54, 1.807) is 0 Å². The number of carbonyl (C=O) groups is 1. The SMILES string of the molecule is O=C(CC1CC1)N1CCC2CCC(C1)N2. The fourth-order valence-corrected chi connectivity index (χ4v) is 2.87. The molecule has 3 nitrogen and oxygen atoms in total. The Labute approximate surface area is 91.2 Å². The van der Waals surface area contributed by atoms with Crippen LogP contribution in [-0.2, 0) is 4.79 Å². The highest BCUT2D eigenvalue weighted by molar-refractivity contribution is 5.76. The van der Waals surface area contributed by atoms with Gasteiger partial charge in [-0.05, 0) is 38.0 Å². The van der Waals surface area contributed by atoms with Gasteiger partial charge in [-0.1, -0.05) is 0 Å². The minimum Gasteiger partial charge on any atom is -0.341 e. The molecule has 2 unspecified atom stereocenters. The van der Waals surface area contributed by atoms with E-state index in [9.17, 15) is 4.79 Å². The summed E-state index contributed by atoms with van der Waals surface area (Å²) in [6, 6.07) is 1.27. The summed E-state index contributed by atoms with van der Waals surface area (Å²) in [5.41, 5.74) is 0. The van der Waals surface area contributed by atoms with Crippen molar-refractivity contribution >= 4 is 5.91 Å². The van der Waals surface area contributed by atoms with Crippen LogP contribution in [0, 0.1) is 5.92 Å². The van der Waals surface area contributed by atoms with E-state index in [4.69, 9.17) is 0 Å². The highest BCUT2D eigenvalue weighted by Crippen LogP contribution is 2.33. The molecule has 15 heavy (non-hydrogen) atoms. The Morgan fingerprint density at radius 3 is 2.73 bits per heavy atom. The lowest BCUT2D eigenvalue weighted by molar-refractivity contribution is -0.131. The van der Waals surface area contributed by atoms with Gasteiger partial charge in [0.05, 0.1) is 0 Å². The molecule has 84 valence electrons. The highest BCUT2D eigenvalue weighted by atomic mass is 16.2. The first-order chi connectivity index (χ1) is 7.31. The molecule has 0 aromatic heterocycles. The number of hydrogen-bond acceptors (Lipinski definition) is 2. The first kappa shape index (κ1) is 9.64. The minimum absolute atomic E-state index is 0.409. The number of carbonyl (C=O) groups excluding carboxylic acids is 1. The van der Waals surface area contributed by atoms with Crippen LogP contribution in [0.15, 0.2) is 0 Å². The summed E-state index contributed by atoms with van der Waals surface area (Å²) in [5, 5.41) is 3.61. The number of fused-ring (bicyclic) bond motifs is 2. The third-order valence-electron chi connectivity index (χ3n) is 4.04. The summed E-state index contributed by atoms with van der Waals surface area (Å²) in [4.78, 5) is 14.1. The van der Waals surface area contributed by atoms with Gasteiger partial charge in [-0.3, -0.25) is 4.79 Å². The van der Waals surface area contributed by atoms with Crippen molar-refractivity contribution in [2.24, 2.45) is 5.92 Å². The lowest BCUT2D eigenvalue weighted by Crippen LogP contribution is -2.39. The second kappa shape index (κ2) is 3.78. The summed E-state index contributed by atoms with van der Waals surface area (Å²) in [6.45, 7) is 1.95. The van der Waals surface area contributed by atoms with E-state index in [2.05, 4.69) is 10.2 Å². The molecule has 1 aliphatic carbocycles. The Kier molecular flexibility index (Phi) is 2.43. The summed E-state index contributed by atoms with van der Waals surface area (Å²) >= 11 is 0. The van der Waals surface area contributed by atoms with E-state index in [-0.39, 0.29) is 0 Å². The number of amides is 1. The molecule has 0 aromatic rings. The van der Waals surface area contributed by atoms with Gasteiger partial charge < -0.3 is 10.2 Å². The van der Waals surface area contributed by atoms with Gasteiger partial charge in [0, 0.05) is 31.6 Å². The second-order valence-corrected chi connectivity index (χ2v) is 5.41.